The lowest BCUT2D eigenvalue weighted by molar-refractivity contribution is 0.280. The number of fused-ring (bicyclic) bond motifs is 1. The normalized spacial score (nSPS) is 16.1. The summed E-state index contributed by atoms with van der Waals surface area (Å²) in [5.41, 5.74) is 8.22. The molecule has 3 rings (SSSR count). The van der Waals surface area contributed by atoms with Gasteiger partial charge in [0.2, 0.25) is 0 Å². The third kappa shape index (κ3) is 2.12. The van der Waals surface area contributed by atoms with E-state index in [0.29, 0.717) is 0 Å². The van der Waals surface area contributed by atoms with E-state index >= 15 is 0 Å². The van der Waals surface area contributed by atoms with Crippen LogP contribution in [-0.4, -0.2) is 10.3 Å². The lowest BCUT2D eigenvalue weighted by Gasteiger charge is -2.26. The van der Waals surface area contributed by atoms with E-state index in [9.17, 15) is 0 Å². The van der Waals surface area contributed by atoms with Gasteiger partial charge in [0.1, 0.15) is 0 Å². The average Bonchev–Trinajstić information content (AvgIpc) is 2.67. The second kappa shape index (κ2) is 4.88. The molecule has 96 valence electrons. The fourth-order valence-electron chi connectivity index (χ4n) is 2.67. The Morgan fingerprint density at radius 3 is 2.89 bits per heavy atom. The highest BCUT2D eigenvalue weighted by Crippen LogP contribution is 2.34. The van der Waals surface area contributed by atoms with Crippen LogP contribution in [0.1, 0.15) is 26.2 Å². The van der Waals surface area contributed by atoms with Crippen molar-refractivity contribution in [3.8, 4) is 0 Å². The molecule has 1 fully saturated rings. The Balaban J connectivity index is 2.00. The zero-order valence-corrected chi connectivity index (χ0v) is 11.7. The molecule has 0 spiro atoms. The van der Waals surface area contributed by atoms with Gasteiger partial charge in [-0.25, -0.2) is 0 Å². The minimum Gasteiger partial charge on any atom is -0.399 e. The highest BCUT2D eigenvalue weighted by atomic mass is 32.2. The Kier molecular flexibility index (Phi) is 3.25. The van der Waals surface area contributed by atoms with Crippen molar-refractivity contribution in [2.24, 2.45) is 5.92 Å². The van der Waals surface area contributed by atoms with Crippen LogP contribution in [-0.2, 0) is 6.54 Å². The minimum absolute atomic E-state index is 0.879. The molecular formula is C15H20N2S. The fourth-order valence-corrected chi connectivity index (χ4v) is 3.53. The van der Waals surface area contributed by atoms with E-state index in [-0.39, 0.29) is 0 Å². The molecule has 0 amide bonds. The van der Waals surface area contributed by atoms with E-state index in [1.54, 1.807) is 0 Å². The van der Waals surface area contributed by atoms with Crippen LogP contribution in [0.15, 0.2) is 29.3 Å². The van der Waals surface area contributed by atoms with Gasteiger partial charge in [-0.2, -0.15) is 0 Å². The van der Waals surface area contributed by atoms with Crippen molar-refractivity contribution in [2.75, 3.05) is 11.5 Å². The zero-order chi connectivity index (χ0) is 12.5. The third-order valence-corrected chi connectivity index (χ3v) is 4.79. The van der Waals surface area contributed by atoms with Crippen LogP contribution in [0, 0.1) is 5.92 Å². The van der Waals surface area contributed by atoms with Crippen LogP contribution >= 0.6 is 11.8 Å². The number of rotatable bonds is 4. The first kappa shape index (κ1) is 12.0. The van der Waals surface area contributed by atoms with Crippen LogP contribution < -0.4 is 5.73 Å². The maximum Gasteiger partial charge on any atom is 0.0512 e. The zero-order valence-electron chi connectivity index (χ0n) is 10.9. The highest BCUT2D eigenvalue weighted by molar-refractivity contribution is 7.99. The predicted octanol–water partition coefficient (Wildman–Crippen LogP) is 4.14. The molecule has 2 N–H and O–H groups in total. The van der Waals surface area contributed by atoms with Gasteiger partial charge in [-0.15, -0.1) is 11.8 Å². The summed E-state index contributed by atoms with van der Waals surface area (Å²) < 4.78 is 2.38. The van der Waals surface area contributed by atoms with Gasteiger partial charge in [-0.3, -0.25) is 0 Å². The Bertz CT molecular complexity index is 555. The van der Waals surface area contributed by atoms with E-state index in [0.717, 1.165) is 23.9 Å². The topological polar surface area (TPSA) is 30.9 Å². The average molecular weight is 260 g/mol. The molecule has 1 aliphatic rings. The van der Waals surface area contributed by atoms with Crippen molar-refractivity contribution >= 4 is 28.4 Å². The summed E-state index contributed by atoms with van der Waals surface area (Å²) in [4.78, 5) is 1.32. The SMILES string of the molecule is CCSc1cc(N)cc2c1ccn2CC1CCC1. The van der Waals surface area contributed by atoms with Crippen LogP contribution in [0.5, 0.6) is 0 Å². The number of benzene rings is 1. The van der Waals surface area contributed by atoms with Crippen LogP contribution in [0.25, 0.3) is 10.9 Å². The molecule has 1 aromatic heterocycles. The second-order valence-electron chi connectivity index (χ2n) is 5.15. The Hall–Kier alpha value is -1.09. The first-order chi connectivity index (χ1) is 8.78. The van der Waals surface area contributed by atoms with Crippen molar-refractivity contribution in [1.82, 2.24) is 4.57 Å². The lowest BCUT2D eigenvalue weighted by atomic mass is 9.85. The lowest BCUT2D eigenvalue weighted by Crippen LogP contribution is -2.17. The number of nitrogen functional groups attached to an aromatic ring is 1. The number of hydrogen-bond donors (Lipinski definition) is 1. The maximum absolute atomic E-state index is 6.03. The van der Waals surface area contributed by atoms with Gasteiger partial charge in [0.15, 0.2) is 0 Å². The first-order valence-electron chi connectivity index (χ1n) is 6.79. The highest BCUT2D eigenvalue weighted by Gasteiger charge is 2.18. The van der Waals surface area contributed by atoms with Gasteiger partial charge in [-0.05, 0) is 42.7 Å². The van der Waals surface area contributed by atoms with Gasteiger partial charge in [0, 0.05) is 28.7 Å². The van der Waals surface area contributed by atoms with Crippen molar-refractivity contribution in [3.63, 3.8) is 0 Å². The van der Waals surface area contributed by atoms with Crippen molar-refractivity contribution in [2.45, 2.75) is 37.6 Å². The number of nitrogens with two attached hydrogens (primary N) is 1. The molecule has 18 heavy (non-hydrogen) atoms. The van der Waals surface area contributed by atoms with Gasteiger partial charge in [0.25, 0.3) is 0 Å². The van der Waals surface area contributed by atoms with Crippen molar-refractivity contribution < 1.29 is 0 Å². The monoisotopic (exact) mass is 260 g/mol. The van der Waals surface area contributed by atoms with E-state index < -0.39 is 0 Å². The Labute approximate surface area is 113 Å². The van der Waals surface area contributed by atoms with Crippen LogP contribution in [0.3, 0.4) is 0 Å². The smallest absolute Gasteiger partial charge is 0.0512 e. The quantitative estimate of drug-likeness (QED) is 0.661. The van der Waals surface area contributed by atoms with E-state index in [2.05, 4.69) is 35.9 Å². The molecule has 0 bridgehead atoms. The minimum atomic E-state index is 0.879. The molecule has 0 unspecified atom stereocenters. The van der Waals surface area contributed by atoms with Gasteiger partial charge >= 0.3 is 0 Å². The molecule has 3 heteroatoms. The molecule has 1 heterocycles. The maximum atomic E-state index is 6.03. The number of anilines is 1. The summed E-state index contributed by atoms with van der Waals surface area (Å²) >= 11 is 1.88. The number of nitrogens with zero attached hydrogens (tertiary/aromatic N) is 1. The molecule has 0 radical (unpaired) electrons. The van der Waals surface area contributed by atoms with Crippen molar-refractivity contribution in [1.29, 1.82) is 0 Å². The number of aromatic nitrogens is 1. The predicted molar refractivity (Wildman–Crippen MR) is 80.1 cm³/mol. The van der Waals surface area contributed by atoms with E-state index in [4.69, 9.17) is 5.73 Å². The summed E-state index contributed by atoms with van der Waals surface area (Å²) in [6.45, 7) is 3.34. The third-order valence-electron chi connectivity index (χ3n) is 3.85. The first-order valence-corrected chi connectivity index (χ1v) is 7.77. The molecule has 2 aromatic rings. The fraction of sp³-hybridized carbons (Fsp3) is 0.467. The van der Waals surface area contributed by atoms with Crippen molar-refractivity contribution in [3.05, 3.63) is 24.4 Å². The van der Waals surface area contributed by atoms with Crippen LogP contribution in [0.2, 0.25) is 0 Å². The Morgan fingerprint density at radius 2 is 2.22 bits per heavy atom. The Morgan fingerprint density at radius 1 is 1.39 bits per heavy atom. The summed E-state index contributed by atoms with van der Waals surface area (Å²) in [6, 6.07) is 6.46. The number of hydrogen-bond acceptors (Lipinski definition) is 2. The summed E-state index contributed by atoms with van der Waals surface area (Å²) in [6.07, 6.45) is 6.40. The van der Waals surface area contributed by atoms with Gasteiger partial charge in [-0.1, -0.05) is 13.3 Å². The van der Waals surface area contributed by atoms with E-state index in [1.165, 1.54) is 35.1 Å². The standard InChI is InChI=1S/C15H20N2S/c1-2-18-15-9-12(16)8-14-13(15)6-7-17(14)10-11-4-3-5-11/h6-9,11H,2-5,10,16H2,1H3. The molecule has 2 nitrogen and oxygen atoms in total. The van der Waals surface area contributed by atoms with Gasteiger partial charge in [0.05, 0.1) is 5.52 Å². The number of thioether (sulfide) groups is 1. The molecular weight excluding hydrogens is 240 g/mol. The summed E-state index contributed by atoms with van der Waals surface area (Å²) in [5.74, 6) is 1.97. The van der Waals surface area contributed by atoms with Crippen LogP contribution in [0.4, 0.5) is 5.69 Å². The molecule has 0 aliphatic heterocycles. The summed E-state index contributed by atoms with van der Waals surface area (Å²) in [7, 11) is 0. The molecule has 1 aromatic carbocycles. The molecule has 1 saturated carbocycles. The molecule has 0 saturated heterocycles. The summed E-state index contributed by atoms with van der Waals surface area (Å²) in [5, 5.41) is 1.36. The second-order valence-corrected chi connectivity index (χ2v) is 6.46. The van der Waals surface area contributed by atoms with E-state index in [1.807, 2.05) is 11.8 Å². The largest absolute Gasteiger partial charge is 0.399 e. The molecule has 0 atom stereocenters. The van der Waals surface area contributed by atoms with Gasteiger partial charge < -0.3 is 10.3 Å². The molecule has 1 aliphatic carbocycles.